The number of halogens is 3. The Hall–Kier alpha value is -2.14. The van der Waals surface area contributed by atoms with Crippen LogP contribution in [-0.4, -0.2) is 12.5 Å². The number of nitrogens with one attached hydrogen (secondary N) is 1. The maximum Gasteiger partial charge on any atom is 0.387 e. The van der Waals surface area contributed by atoms with Crippen LogP contribution in [0.1, 0.15) is 34.8 Å². The average molecular weight is 352 g/mol. The minimum atomic E-state index is -2.98. The number of rotatable bonds is 6. The largest absolute Gasteiger partial charge is 0.434 e. The molecule has 0 aromatic heterocycles. The van der Waals surface area contributed by atoms with E-state index >= 15 is 0 Å². The first kappa shape index (κ1) is 16.7. The molecular weight excluding hydrogens is 336 g/mol. The number of carbonyl (C=O) groups is 1. The van der Waals surface area contributed by atoms with E-state index < -0.39 is 12.5 Å². The maximum absolute atomic E-state index is 12.6. The van der Waals surface area contributed by atoms with E-state index in [2.05, 4.69) is 10.1 Å². The Bertz CT molecular complexity index is 717. The molecule has 1 unspecified atom stereocenters. The van der Waals surface area contributed by atoms with Crippen molar-refractivity contribution in [1.82, 2.24) is 5.32 Å². The van der Waals surface area contributed by atoms with Gasteiger partial charge in [-0.2, -0.15) is 8.78 Å². The molecule has 1 amide bonds. The van der Waals surface area contributed by atoms with Gasteiger partial charge < -0.3 is 10.1 Å². The molecule has 2 aromatic rings. The minimum Gasteiger partial charge on any atom is -0.434 e. The number of hydrogen-bond donors (Lipinski definition) is 1. The Morgan fingerprint density at radius 1 is 1.12 bits per heavy atom. The van der Waals surface area contributed by atoms with Crippen LogP contribution >= 0.6 is 11.6 Å². The summed E-state index contributed by atoms with van der Waals surface area (Å²) >= 11 is 5.91. The summed E-state index contributed by atoms with van der Waals surface area (Å²) in [5, 5.41) is 3.56. The molecule has 1 aliphatic carbocycles. The highest BCUT2D eigenvalue weighted by Crippen LogP contribution is 2.41. The van der Waals surface area contributed by atoms with Crippen LogP contribution in [0.25, 0.3) is 0 Å². The summed E-state index contributed by atoms with van der Waals surface area (Å²) in [5.41, 5.74) is 1.04. The van der Waals surface area contributed by atoms with E-state index in [0.29, 0.717) is 10.9 Å². The lowest BCUT2D eigenvalue weighted by Crippen LogP contribution is -2.30. The van der Waals surface area contributed by atoms with E-state index in [1.54, 1.807) is 24.3 Å². The normalized spacial score (nSPS) is 15.2. The Labute approximate surface area is 143 Å². The van der Waals surface area contributed by atoms with Crippen molar-refractivity contribution in [2.75, 3.05) is 0 Å². The van der Waals surface area contributed by atoms with Crippen LogP contribution in [0, 0.1) is 5.92 Å². The number of alkyl halides is 2. The highest BCUT2D eigenvalue weighted by molar-refractivity contribution is 6.30. The summed E-state index contributed by atoms with van der Waals surface area (Å²) in [6.07, 6.45) is 2.03. The second-order valence-electron chi connectivity index (χ2n) is 5.71. The zero-order valence-electron chi connectivity index (χ0n) is 12.7. The summed E-state index contributed by atoms with van der Waals surface area (Å²) in [6, 6.07) is 13.1. The van der Waals surface area contributed by atoms with Crippen molar-refractivity contribution in [3.05, 3.63) is 64.7 Å². The molecule has 1 saturated carbocycles. The van der Waals surface area contributed by atoms with Crippen molar-refractivity contribution in [2.45, 2.75) is 25.5 Å². The molecule has 126 valence electrons. The summed E-state index contributed by atoms with van der Waals surface area (Å²) in [5.74, 6) is -0.216. The minimum absolute atomic E-state index is 0.0948. The highest BCUT2D eigenvalue weighted by Gasteiger charge is 2.34. The van der Waals surface area contributed by atoms with Crippen molar-refractivity contribution in [1.29, 1.82) is 0 Å². The van der Waals surface area contributed by atoms with Gasteiger partial charge in [-0.15, -0.1) is 0 Å². The van der Waals surface area contributed by atoms with Crippen molar-refractivity contribution < 1.29 is 18.3 Å². The summed E-state index contributed by atoms with van der Waals surface area (Å²) in [6.45, 7) is -2.98. The Morgan fingerprint density at radius 3 is 2.42 bits per heavy atom. The summed E-state index contributed by atoms with van der Waals surface area (Å²) < 4.78 is 29.4. The van der Waals surface area contributed by atoms with Gasteiger partial charge in [-0.1, -0.05) is 35.9 Å². The predicted octanol–water partition coefficient (Wildman–Crippen LogP) is 4.82. The fraction of sp³-hybridized carbons (Fsp3) is 0.278. The lowest BCUT2D eigenvalue weighted by molar-refractivity contribution is -0.0501. The van der Waals surface area contributed by atoms with Crippen LogP contribution in [0.15, 0.2) is 48.5 Å². The van der Waals surface area contributed by atoms with Crippen molar-refractivity contribution in [3.63, 3.8) is 0 Å². The van der Waals surface area contributed by atoms with Crippen LogP contribution in [0.4, 0.5) is 8.78 Å². The first-order chi connectivity index (χ1) is 11.5. The van der Waals surface area contributed by atoms with Crippen molar-refractivity contribution in [3.8, 4) is 5.75 Å². The van der Waals surface area contributed by atoms with Crippen LogP contribution in [0.5, 0.6) is 5.75 Å². The van der Waals surface area contributed by atoms with Gasteiger partial charge in [0.1, 0.15) is 5.75 Å². The number of para-hydroxylation sites is 1. The Balaban J connectivity index is 1.81. The average Bonchev–Trinajstić information content (AvgIpc) is 3.38. The molecule has 1 aliphatic rings. The number of ether oxygens (including phenoxy) is 1. The molecule has 1 fully saturated rings. The van der Waals surface area contributed by atoms with E-state index in [0.717, 1.165) is 18.4 Å². The van der Waals surface area contributed by atoms with Crippen LogP contribution < -0.4 is 10.1 Å². The van der Waals surface area contributed by atoms with E-state index in [9.17, 15) is 13.6 Å². The maximum atomic E-state index is 12.6. The van der Waals surface area contributed by atoms with Gasteiger partial charge in [-0.05, 0) is 48.6 Å². The zero-order chi connectivity index (χ0) is 17.1. The molecule has 0 saturated heterocycles. The van der Waals surface area contributed by atoms with Crippen molar-refractivity contribution in [2.24, 2.45) is 5.92 Å². The molecule has 1 N–H and O–H groups in total. The third-order valence-corrected chi connectivity index (χ3v) is 4.21. The molecule has 0 radical (unpaired) electrons. The lowest BCUT2D eigenvalue weighted by Gasteiger charge is -2.20. The van der Waals surface area contributed by atoms with Crippen LogP contribution in [0.2, 0.25) is 5.02 Å². The number of carbonyl (C=O) groups excluding carboxylic acids is 1. The molecule has 24 heavy (non-hydrogen) atoms. The molecule has 3 nitrogen and oxygen atoms in total. The highest BCUT2D eigenvalue weighted by atomic mass is 35.5. The van der Waals surface area contributed by atoms with E-state index in [4.69, 9.17) is 11.6 Å². The van der Waals surface area contributed by atoms with Gasteiger partial charge in [0.05, 0.1) is 11.6 Å². The molecule has 0 heterocycles. The molecular formula is C18H16ClF2NO2. The third-order valence-electron chi connectivity index (χ3n) is 3.96. The lowest BCUT2D eigenvalue weighted by atomic mass is 10.0. The van der Waals surface area contributed by atoms with E-state index in [-0.39, 0.29) is 17.4 Å². The molecule has 3 rings (SSSR count). The zero-order valence-corrected chi connectivity index (χ0v) is 13.5. The molecule has 6 heteroatoms. The molecule has 0 bridgehead atoms. The van der Waals surface area contributed by atoms with Gasteiger partial charge in [0.15, 0.2) is 0 Å². The first-order valence-electron chi connectivity index (χ1n) is 7.65. The fourth-order valence-corrected chi connectivity index (χ4v) is 2.77. The van der Waals surface area contributed by atoms with E-state index in [1.165, 1.54) is 12.1 Å². The summed E-state index contributed by atoms with van der Waals surface area (Å²) in [7, 11) is 0. The summed E-state index contributed by atoms with van der Waals surface area (Å²) in [4.78, 5) is 12.6. The van der Waals surface area contributed by atoms with Crippen LogP contribution in [0.3, 0.4) is 0 Å². The molecule has 2 aromatic carbocycles. The Morgan fingerprint density at radius 2 is 1.79 bits per heavy atom. The van der Waals surface area contributed by atoms with Gasteiger partial charge >= 0.3 is 6.61 Å². The fourth-order valence-electron chi connectivity index (χ4n) is 2.64. The van der Waals surface area contributed by atoms with Gasteiger partial charge in [0, 0.05) is 5.02 Å². The van der Waals surface area contributed by atoms with Gasteiger partial charge in [0.2, 0.25) is 0 Å². The van der Waals surface area contributed by atoms with Gasteiger partial charge in [0.25, 0.3) is 5.91 Å². The molecule has 0 aliphatic heterocycles. The smallest absolute Gasteiger partial charge is 0.387 e. The number of benzene rings is 2. The standard InChI is InChI=1S/C18H16ClF2NO2/c19-13-9-7-12(8-10-13)16(11-5-6-11)22-17(23)14-3-1-2-4-15(14)24-18(20)21/h1-4,7-11,16,18H,5-6H2,(H,22,23). The monoisotopic (exact) mass is 351 g/mol. The quantitative estimate of drug-likeness (QED) is 0.810. The number of amides is 1. The van der Waals surface area contributed by atoms with Gasteiger partial charge in [-0.3, -0.25) is 4.79 Å². The van der Waals surface area contributed by atoms with Crippen LogP contribution in [-0.2, 0) is 0 Å². The Kier molecular flexibility index (Phi) is 5.00. The SMILES string of the molecule is O=C(NC(c1ccc(Cl)cc1)C1CC1)c1ccccc1OC(F)F. The third kappa shape index (κ3) is 4.03. The van der Waals surface area contributed by atoms with Crippen molar-refractivity contribution >= 4 is 17.5 Å². The second-order valence-corrected chi connectivity index (χ2v) is 6.15. The molecule has 1 atom stereocenters. The van der Waals surface area contributed by atoms with Gasteiger partial charge in [-0.25, -0.2) is 0 Å². The second kappa shape index (κ2) is 7.18. The predicted molar refractivity (Wildman–Crippen MR) is 87.5 cm³/mol. The number of hydrogen-bond acceptors (Lipinski definition) is 2. The first-order valence-corrected chi connectivity index (χ1v) is 8.02. The van der Waals surface area contributed by atoms with E-state index in [1.807, 2.05) is 12.1 Å². The topological polar surface area (TPSA) is 38.3 Å². The molecule has 0 spiro atoms.